The second-order valence-electron chi connectivity index (χ2n) is 6.78. The van der Waals surface area contributed by atoms with Gasteiger partial charge in [0.15, 0.2) is 6.10 Å². The number of carbonyl (C=O) groups excluding carboxylic acids is 1. The zero-order valence-electron chi connectivity index (χ0n) is 14.0. The minimum atomic E-state index is -0.492. The number of carbonyl (C=O) groups is 1. The van der Waals surface area contributed by atoms with Crippen LogP contribution in [0, 0.1) is 0 Å². The molecule has 1 amide bonds. The molecule has 1 N–H and O–H groups in total. The van der Waals surface area contributed by atoms with Crippen molar-refractivity contribution in [2.75, 3.05) is 0 Å². The van der Waals surface area contributed by atoms with E-state index in [1.54, 1.807) is 0 Å². The summed E-state index contributed by atoms with van der Waals surface area (Å²) in [6, 6.07) is 6.34. The first kappa shape index (κ1) is 15.2. The standard InChI is InChI=1S/C19H23N3O2/c1-13(24-17-7-5-14-3-2-4-15(14)11-17)19(23)21-16-6-8-18-20-9-10-22(18)12-16/h5,7,9-11,13,16H,2-4,6,8,12H2,1H3,(H,21,23)/t13-,16-/m1/s1. The van der Waals surface area contributed by atoms with Crippen LogP contribution in [0.1, 0.15) is 36.7 Å². The molecule has 0 saturated carbocycles. The van der Waals surface area contributed by atoms with Gasteiger partial charge < -0.3 is 14.6 Å². The lowest BCUT2D eigenvalue weighted by atomic mass is 10.1. The molecular weight excluding hydrogens is 302 g/mol. The molecule has 0 radical (unpaired) electrons. The van der Waals surface area contributed by atoms with E-state index in [4.69, 9.17) is 4.74 Å². The van der Waals surface area contributed by atoms with Crippen LogP contribution in [-0.4, -0.2) is 27.6 Å². The van der Waals surface area contributed by atoms with Crippen LogP contribution in [0.2, 0.25) is 0 Å². The van der Waals surface area contributed by atoms with E-state index >= 15 is 0 Å². The number of nitrogens with zero attached hydrogens (tertiary/aromatic N) is 2. The van der Waals surface area contributed by atoms with Crippen molar-refractivity contribution in [1.82, 2.24) is 14.9 Å². The van der Waals surface area contributed by atoms with Gasteiger partial charge in [-0.2, -0.15) is 0 Å². The van der Waals surface area contributed by atoms with Gasteiger partial charge in [0, 0.05) is 31.4 Å². The Balaban J connectivity index is 1.35. The summed E-state index contributed by atoms with van der Waals surface area (Å²) in [5, 5.41) is 3.11. The molecular formula is C19H23N3O2. The SMILES string of the molecule is C[C@@H](Oc1ccc2c(c1)CCC2)C(=O)N[C@@H]1CCc2nccn2C1. The van der Waals surface area contributed by atoms with Crippen LogP contribution in [0.3, 0.4) is 0 Å². The first-order valence-corrected chi connectivity index (χ1v) is 8.78. The number of rotatable bonds is 4. The van der Waals surface area contributed by atoms with Crippen molar-refractivity contribution in [3.63, 3.8) is 0 Å². The summed E-state index contributed by atoms with van der Waals surface area (Å²) < 4.78 is 7.98. The van der Waals surface area contributed by atoms with Gasteiger partial charge in [-0.15, -0.1) is 0 Å². The van der Waals surface area contributed by atoms with Gasteiger partial charge in [-0.1, -0.05) is 6.07 Å². The average molecular weight is 325 g/mol. The first-order valence-electron chi connectivity index (χ1n) is 8.78. The molecule has 2 aliphatic rings. The minimum absolute atomic E-state index is 0.0518. The molecule has 0 unspecified atom stereocenters. The van der Waals surface area contributed by atoms with Crippen molar-refractivity contribution < 1.29 is 9.53 Å². The van der Waals surface area contributed by atoms with Gasteiger partial charge in [0.1, 0.15) is 11.6 Å². The molecule has 1 aromatic heterocycles. The predicted molar refractivity (Wildman–Crippen MR) is 91.0 cm³/mol. The van der Waals surface area contributed by atoms with Gasteiger partial charge in [-0.3, -0.25) is 4.79 Å². The summed E-state index contributed by atoms with van der Waals surface area (Å²) in [5.41, 5.74) is 2.78. The van der Waals surface area contributed by atoms with Crippen molar-refractivity contribution in [1.29, 1.82) is 0 Å². The van der Waals surface area contributed by atoms with Gasteiger partial charge in [0.2, 0.25) is 0 Å². The Labute approximate surface area is 142 Å². The van der Waals surface area contributed by atoms with Crippen LogP contribution in [0.25, 0.3) is 0 Å². The van der Waals surface area contributed by atoms with E-state index in [0.29, 0.717) is 0 Å². The lowest BCUT2D eigenvalue weighted by Gasteiger charge is -2.26. The van der Waals surface area contributed by atoms with Crippen LogP contribution in [0.5, 0.6) is 5.75 Å². The number of aryl methyl sites for hydroxylation is 3. The summed E-state index contributed by atoms with van der Waals surface area (Å²) in [6.45, 7) is 2.60. The molecule has 2 atom stereocenters. The molecule has 2 heterocycles. The van der Waals surface area contributed by atoms with Crippen molar-refractivity contribution in [3.05, 3.63) is 47.5 Å². The number of amides is 1. The molecule has 126 valence electrons. The third kappa shape index (κ3) is 3.03. The topological polar surface area (TPSA) is 56.1 Å². The van der Waals surface area contributed by atoms with Gasteiger partial charge in [0.25, 0.3) is 5.91 Å². The molecule has 5 nitrogen and oxygen atoms in total. The smallest absolute Gasteiger partial charge is 0.261 e. The van der Waals surface area contributed by atoms with E-state index in [2.05, 4.69) is 27.0 Å². The number of aromatic nitrogens is 2. The molecule has 0 fully saturated rings. The summed E-state index contributed by atoms with van der Waals surface area (Å²) in [6.07, 6.45) is 8.61. The Bertz CT molecular complexity index is 753. The molecule has 4 rings (SSSR count). The summed E-state index contributed by atoms with van der Waals surface area (Å²) >= 11 is 0. The highest BCUT2D eigenvalue weighted by Crippen LogP contribution is 2.26. The normalized spacial score (nSPS) is 20.1. The molecule has 1 aromatic carbocycles. The Morgan fingerprint density at radius 2 is 2.21 bits per heavy atom. The molecule has 2 aromatic rings. The Morgan fingerprint density at radius 3 is 3.12 bits per heavy atom. The van der Waals surface area contributed by atoms with E-state index in [9.17, 15) is 4.79 Å². The molecule has 0 saturated heterocycles. The van der Waals surface area contributed by atoms with Crippen LogP contribution >= 0.6 is 0 Å². The van der Waals surface area contributed by atoms with E-state index in [1.807, 2.05) is 25.4 Å². The highest BCUT2D eigenvalue weighted by atomic mass is 16.5. The van der Waals surface area contributed by atoms with Gasteiger partial charge >= 0.3 is 0 Å². The molecule has 1 aliphatic heterocycles. The molecule has 0 bridgehead atoms. The molecule has 5 heteroatoms. The fraction of sp³-hybridized carbons (Fsp3) is 0.474. The molecule has 0 spiro atoms. The van der Waals surface area contributed by atoms with E-state index in [1.165, 1.54) is 17.5 Å². The lowest BCUT2D eigenvalue weighted by molar-refractivity contribution is -0.128. The quantitative estimate of drug-likeness (QED) is 0.938. The maximum atomic E-state index is 12.4. The number of nitrogens with one attached hydrogen (secondary N) is 1. The maximum absolute atomic E-state index is 12.4. The number of imidazole rings is 1. The monoisotopic (exact) mass is 325 g/mol. The fourth-order valence-corrected chi connectivity index (χ4v) is 3.68. The third-order valence-corrected chi connectivity index (χ3v) is 5.03. The first-order chi connectivity index (χ1) is 11.7. The number of hydrogen-bond acceptors (Lipinski definition) is 3. The summed E-state index contributed by atoms with van der Waals surface area (Å²) in [7, 11) is 0. The van der Waals surface area contributed by atoms with E-state index in [-0.39, 0.29) is 11.9 Å². The van der Waals surface area contributed by atoms with Crippen molar-refractivity contribution in [2.24, 2.45) is 0 Å². The van der Waals surface area contributed by atoms with E-state index in [0.717, 1.165) is 43.8 Å². The zero-order valence-corrected chi connectivity index (χ0v) is 14.0. The maximum Gasteiger partial charge on any atom is 0.261 e. The Hall–Kier alpha value is -2.30. The van der Waals surface area contributed by atoms with Gasteiger partial charge in [-0.25, -0.2) is 4.98 Å². The lowest BCUT2D eigenvalue weighted by Crippen LogP contribution is -2.46. The fourth-order valence-electron chi connectivity index (χ4n) is 3.68. The average Bonchev–Trinajstić information content (AvgIpc) is 3.22. The second kappa shape index (κ2) is 6.30. The highest BCUT2D eigenvalue weighted by molar-refractivity contribution is 5.81. The van der Waals surface area contributed by atoms with Gasteiger partial charge in [0.05, 0.1) is 0 Å². The number of benzene rings is 1. The second-order valence-corrected chi connectivity index (χ2v) is 6.78. The highest BCUT2D eigenvalue weighted by Gasteiger charge is 2.23. The van der Waals surface area contributed by atoms with Crippen LogP contribution in [0.4, 0.5) is 0 Å². The Morgan fingerprint density at radius 1 is 1.33 bits per heavy atom. The predicted octanol–water partition coefficient (Wildman–Crippen LogP) is 2.27. The largest absolute Gasteiger partial charge is 0.481 e. The van der Waals surface area contributed by atoms with Crippen LogP contribution < -0.4 is 10.1 Å². The third-order valence-electron chi connectivity index (χ3n) is 5.03. The van der Waals surface area contributed by atoms with Gasteiger partial charge in [-0.05, 0) is 55.9 Å². The molecule has 24 heavy (non-hydrogen) atoms. The zero-order chi connectivity index (χ0) is 16.5. The van der Waals surface area contributed by atoms with Crippen LogP contribution in [-0.2, 0) is 30.6 Å². The number of fused-ring (bicyclic) bond motifs is 2. The van der Waals surface area contributed by atoms with Crippen molar-refractivity contribution in [3.8, 4) is 5.75 Å². The summed E-state index contributed by atoms with van der Waals surface area (Å²) in [5.74, 6) is 1.84. The van der Waals surface area contributed by atoms with Crippen LogP contribution in [0.15, 0.2) is 30.6 Å². The number of hydrogen-bond donors (Lipinski definition) is 1. The minimum Gasteiger partial charge on any atom is -0.481 e. The van der Waals surface area contributed by atoms with Crippen molar-refractivity contribution in [2.45, 2.75) is 57.7 Å². The summed E-state index contributed by atoms with van der Waals surface area (Å²) in [4.78, 5) is 16.8. The molecule has 1 aliphatic carbocycles. The number of ether oxygens (including phenoxy) is 1. The van der Waals surface area contributed by atoms with E-state index < -0.39 is 6.10 Å². The Kier molecular flexibility index (Phi) is 4.00. The van der Waals surface area contributed by atoms with Crippen molar-refractivity contribution >= 4 is 5.91 Å².